The number of ether oxygens (including phenoxy) is 1. The number of pyridine rings is 1. The number of aromatic nitrogens is 2. The molecule has 0 radical (unpaired) electrons. The van der Waals surface area contributed by atoms with Crippen molar-refractivity contribution in [2.75, 3.05) is 0 Å². The minimum atomic E-state index is -0.506. The van der Waals surface area contributed by atoms with Gasteiger partial charge >= 0.3 is 0 Å². The second-order valence-electron chi connectivity index (χ2n) is 4.04. The number of nitro benzene ring substituents is 1. The van der Waals surface area contributed by atoms with Crippen molar-refractivity contribution < 1.29 is 9.66 Å². The van der Waals surface area contributed by atoms with Gasteiger partial charge in [-0.15, -0.1) is 0 Å². The second-order valence-corrected chi connectivity index (χ2v) is 4.44. The molecule has 0 spiro atoms. The van der Waals surface area contributed by atoms with E-state index in [1.54, 1.807) is 29.0 Å². The van der Waals surface area contributed by atoms with E-state index >= 15 is 0 Å². The van der Waals surface area contributed by atoms with Crippen molar-refractivity contribution in [1.82, 2.24) is 9.61 Å². The monoisotopic (exact) mass is 289 g/mol. The zero-order valence-electron chi connectivity index (χ0n) is 10.1. The molecule has 0 amide bonds. The van der Waals surface area contributed by atoms with Crippen LogP contribution in [0.3, 0.4) is 0 Å². The maximum atomic E-state index is 10.6. The molecule has 0 unspecified atom stereocenters. The van der Waals surface area contributed by atoms with Gasteiger partial charge in [-0.1, -0.05) is 11.6 Å². The van der Waals surface area contributed by atoms with Crippen LogP contribution >= 0.6 is 11.6 Å². The van der Waals surface area contributed by atoms with E-state index < -0.39 is 4.92 Å². The summed E-state index contributed by atoms with van der Waals surface area (Å²) < 4.78 is 7.32. The molecule has 0 aliphatic heterocycles. The molecule has 20 heavy (non-hydrogen) atoms. The summed E-state index contributed by atoms with van der Waals surface area (Å²) in [6, 6.07) is 9.45. The van der Waals surface area contributed by atoms with Gasteiger partial charge in [-0.25, -0.2) is 4.52 Å². The number of benzene rings is 1. The summed E-state index contributed by atoms with van der Waals surface area (Å²) in [4.78, 5) is 10.1. The number of nitro groups is 1. The lowest BCUT2D eigenvalue weighted by Gasteiger charge is -2.07. The first-order valence-corrected chi connectivity index (χ1v) is 6.06. The molecule has 3 aromatic rings. The van der Waals surface area contributed by atoms with Gasteiger partial charge in [-0.2, -0.15) is 5.10 Å². The third-order valence-corrected chi connectivity index (χ3v) is 3.02. The van der Waals surface area contributed by atoms with Crippen LogP contribution in [0.25, 0.3) is 5.52 Å². The van der Waals surface area contributed by atoms with E-state index in [-0.39, 0.29) is 10.7 Å². The smallest absolute Gasteiger partial charge is 0.271 e. The predicted molar refractivity (Wildman–Crippen MR) is 73.4 cm³/mol. The lowest BCUT2D eigenvalue weighted by atomic mass is 10.3. The molecule has 0 saturated heterocycles. The van der Waals surface area contributed by atoms with Crippen molar-refractivity contribution in [1.29, 1.82) is 0 Å². The number of rotatable bonds is 3. The highest BCUT2D eigenvalue weighted by atomic mass is 35.5. The van der Waals surface area contributed by atoms with Gasteiger partial charge < -0.3 is 4.74 Å². The minimum absolute atomic E-state index is 0.0754. The molecule has 2 aromatic heterocycles. The molecule has 6 nitrogen and oxygen atoms in total. The molecular weight excluding hydrogens is 282 g/mol. The molecule has 7 heteroatoms. The van der Waals surface area contributed by atoms with Crippen LogP contribution in [0.1, 0.15) is 0 Å². The zero-order chi connectivity index (χ0) is 14.1. The normalized spacial score (nSPS) is 10.7. The van der Waals surface area contributed by atoms with E-state index in [4.69, 9.17) is 16.3 Å². The maximum Gasteiger partial charge on any atom is 0.271 e. The van der Waals surface area contributed by atoms with Crippen LogP contribution in [0, 0.1) is 10.1 Å². The third-order valence-electron chi connectivity index (χ3n) is 2.73. The van der Waals surface area contributed by atoms with E-state index in [1.165, 1.54) is 18.2 Å². The Morgan fingerprint density at radius 3 is 2.85 bits per heavy atom. The Morgan fingerprint density at radius 1 is 1.25 bits per heavy atom. The number of non-ortho nitro benzene ring substituents is 1. The molecule has 0 bridgehead atoms. The van der Waals surface area contributed by atoms with Crippen molar-refractivity contribution >= 4 is 22.8 Å². The minimum Gasteiger partial charge on any atom is -0.456 e. The van der Waals surface area contributed by atoms with Crippen LogP contribution in [0.4, 0.5) is 5.69 Å². The highest BCUT2D eigenvalue weighted by Crippen LogP contribution is 2.32. The van der Waals surface area contributed by atoms with Crippen LogP contribution in [0.5, 0.6) is 11.5 Å². The molecule has 0 fully saturated rings. The van der Waals surface area contributed by atoms with Gasteiger partial charge in [0.1, 0.15) is 11.5 Å². The summed E-state index contributed by atoms with van der Waals surface area (Å²) in [5, 5.41) is 14.9. The van der Waals surface area contributed by atoms with Crippen LogP contribution < -0.4 is 4.74 Å². The van der Waals surface area contributed by atoms with E-state index in [9.17, 15) is 10.1 Å². The number of hydrogen-bond acceptors (Lipinski definition) is 4. The maximum absolute atomic E-state index is 10.6. The number of nitrogens with zero attached hydrogens (tertiary/aromatic N) is 3. The molecule has 0 N–H and O–H groups in total. The lowest BCUT2D eigenvalue weighted by Crippen LogP contribution is -1.91. The number of hydrogen-bond donors (Lipinski definition) is 0. The first-order valence-electron chi connectivity index (χ1n) is 5.69. The topological polar surface area (TPSA) is 69.7 Å². The Hall–Kier alpha value is -2.60. The first-order chi connectivity index (χ1) is 9.63. The molecule has 0 atom stereocenters. The van der Waals surface area contributed by atoms with Gasteiger partial charge in [0.05, 0.1) is 15.5 Å². The van der Waals surface area contributed by atoms with Crippen LogP contribution in [-0.2, 0) is 0 Å². The second kappa shape index (κ2) is 4.82. The van der Waals surface area contributed by atoms with E-state index in [0.717, 1.165) is 5.52 Å². The Labute approximate surface area is 118 Å². The molecule has 0 aliphatic carbocycles. The fourth-order valence-electron chi connectivity index (χ4n) is 1.78. The van der Waals surface area contributed by atoms with Gasteiger partial charge in [0, 0.05) is 30.6 Å². The fourth-order valence-corrected chi connectivity index (χ4v) is 1.99. The van der Waals surface area contributed by atoms with Crippen molar-refractivity contribution in [3.8, 4) is 11.5 Å². The summed E-state index contributed by atoms with van der Waals surface area (Å²) in [6.07, 6.45) is 3.43. The molecule has 0 saturated carbocycles. The van der Waals surface area contributed by atoms with Crippen molar-refractivity contribution in [2.45, 2.75) is 0 Å². The highest BCUT2D eigenvalue weighted by Gasteiger charge is 2.11. The third kappa shape index (κ3) is 2.28. The van der Waals surface area contributed by atoms with Crippen molar-refractivity contribution in [2.24, 2.45) is 0 Å². The first kappa shape index (κ1) is 12.4. The Kier molecular flexibility index (Phi) is 3.00. The quantitative estimate of drug-likeness (QED) is 0.544. The summed E-state index contributed by atoms with van der Waals surface area (Å²) in [5.74, 6) is 0.940. The van der Waals surface area contributed by atoms with Gasteiger partial charge in [0.25, 0.3) is 5.69 Å². The lowest BCUT2D eigenvalue weighted by molar-refractivity contribution is -0.384. The van der Waals surface area contributed by atoms with Crippen LogP contribution in [-0.4, -0.2) is 14.5 Å². The Morgan fingerprint density at radius 2 is 2.10 bits per heavy atom. The number of fused-ring (bicyclic) bond motifs is 1. The average molecular weight is 290 g/mol. The van der Waals surface area contributed by atoms with E-state index in [2.05, 4.69) is 5.10 Å². The number of halogens is 1. The average Bonchev–Trinajstić information content (AvgIpc) is 2.88. The molecule has 3 rings (SSSR count). The van der Waals surface area contributed by atoms with Crippen molar-refractivity contribution in [3.05, 3.63) is 63.9 Å². The largest absolute Gasteiger partial charge is 0.456 e. The van der Waals surface area contributed by atoms with Gasteiger partial charge in [0.15, 0.2) is 0 Å². The van der Waals surface area contributed by atoms with E-state index in [1.807, 2.05) is 6.07 Å². The molecule has 100 valence electrons. The molecule has 2 heterocycles. The summed E-state index contributed by atoms with van der Waals surface area (Å²) in [6.45, 7) is 0. The molecule has 0 aliphatic rings. The summed E-state index contributed by atoms with van der Waals surface area (Å²) >= 11 is 5.97. The zero-order valence-corrected chi connectivity index (χ0v) is 10.8. The Balaban J connectivity index is 1.92. The molecular formula is C13H8ClN3O3. The standard InChI is InChI=1S/C13H8ClN3O3/c14-12-8-10(17(18)19)1-2-13(12)20-11-4-6-16-9(7-11)3-5-15-16/h1-8H. The summed E-state index contributed by atoms with van der Waals surface area (Å²) in [7, 11) is 0. The van der Waals surface area contributed by atoms with Gasteiger partial charge in [-0.3, -0.25) is 10.1 Å². The summed E-state index contributed by atoms with van der Waals surface area (Å²) in [5.41, 5.74) is 0.800. The Bertz CT molecular complexity index is 800. The fraction of sp³-hybridized carbons (Fsp3) is 0. The van der Waals surface area contributed by atoms with E-state index in [0.29, 0.717) is 11.5 Å². The van der Waals surface area contributed by atoms with Crippen molar-refractivity contribution in [3.63, 3.8) is 0 Å². The predicted octanol–water partition coefficient (Wildman–Crippen LogP) is 3.69. The SMILES string of the molecule is O=[N+]([O-])c1ccc(Oc2ccn3nccc3c2)c(Cl)c1. The van der Waals surface area contributed by atoms with Gasteiger partial charge in [-0.05, 0) is 18.2 Å². The van der Waals surface area contributed by atoms with Gasteiger partial charge in [0.2, 0.25) is 0 Å². The highest BCUT2D eigenvalue weighted by molar-refractivity contribution is 6.32. The van der Waals surface area contributed by atoms with Crippen LogP contribution in [0.15, 0.2) is 48.8 Å². The van der Waals surface area contributed by atoms with Crippen LogP contribution in [0.2, 0.25) is 5.02 Å². The molecule has 1 aromatic carbocycles.